The molecule has 6 aromatic heterocycles. The fourth-order valence-corrected chi connectivity index (χ4v) is 18.5. The SMILES string of the molecule is c1ccc(-c2ccc(N(c3ccccc3)c3ccc(-n4c5ccccc5c5c6oc7ccccc7c6ccc54)cc3)cc2)cc1.c1ccc(N(c2ccccc2)c2ccc(-n3c4ccccc4c4c5oc6ccccc6c5ccc43)cc2)cc1.c1ccc(N(c2ccccc2)c2cccc(-n3c4ccccc4c4c5oc6ccccc6c5ccc43)c2)cc1. The summed E-state index contributed by atoms with van der Waals surface area (Å²) in [5, 5.41) is 13.9. The van der Waals surface area contributed by atoms with Crippen LogP contribution in [0.3, 0.4) is 0 Å². The summed E-state index contributed by atoms with van der Waals surface area (Å²) in [6.07, 6.45) is 0. The molecule has 19 aromatic carbocycles. The molecule has 0 unspecified atom stereocenters. The third-order valence-corrected chi connectivity index (χ3v) is 23.9. The topological polar surface area (TPSA) is 63.9 Å². The molecular weight excluding hydrogens is 1500 g/mol. The molecule has 0 aliphatic rings. The van der Waals surface area contributed by atoms with E-state index in [1.54, 1.807) is 0 Å². The van der Waals surface area contributed by atoms with Gasteiger partial charge in [-0.1, -0.05) is 249 Å². The Hall–Kier alpha value is -16.6. The first-order chi connectivity index (χ1) is 61.1. The van der Waals surface area contributed by atoms with Gasteiger partial charge in [-0.05, 0) is 223 Å². The minimum Gasteiger partial charge on any atom is -0.455 e. The lowest BCUT2D eigenvalue weighted by Gasteiger charge is -2.26. The second-order valence-corrected chi connectivity index (χ2v) is 31.0. The lowest BCUT2D eigenvalue weighted by molar-refractivity contribution is 0.672. The number of furan rings is 3. The van der Waals surface area contributed by atoms with Gasteiger partial charge in [0.1, 0.15) is 33.5 Å². The molecular formula is C114H76N6O3. The van der Waals surface area contributed by atoms with E-state index in [1.807, 2.05) is 36.4 Å². The van der Waals surface area contributed by atoms with Crippen LogP contribution in [0.1, 0.15) is 0 Å². The highest BCUT2D eigenvalue weighted by molar-refractivity contribution is 6.27. The van der Waals surface area contributed by atoms with E-state index in [9.17, 15) is 0 Å². The zero-order valence-corrected chi connectivity index (χ0v) is 66.8. The van der Waals surface area contributed by atoms with Crippen molar-refractivity contribution >= 4 is 182 Å². The predicted octanol–water partition coefficient (Wildman–Crippen LogP) is 32.1. The normalized spacial score (nSPS) is 11.6. The van der Waals surface area contributed by atoms with Gasteiger partial charge in [0.15, 0.2) is 0 Å². The van der Waals surface area contributed by atoms with Crippen LogP contribution in [0.5, 0.6) is 0 Å². The first-order valence-electron chi connectivity index (χ1n) is 41.7. The molecule has 25 aromatic rings. The highest BCUT2D eigenvalue weighted by Crippen LogP contribution is 2.47. The minimum absolute atomic E-state index is 0.916. The number of nitrogens with zero attached hydrogens (tertiary/aromatic N) is 6. The number of hydrogen-bond donors (Lipinski definition) is 0. The Bertz CT molecular complexity index is 8140. The standard InChI is InChI=1S/C42H28N2O.2C36H24N2O/c1-3-11-29(12-4-1)30-19-21-32(22-20-30)43(31-13-5-2-6-14-31)33-23-25-34(26-24-33)44-38-17-9-7-16-37(38)41-39(44)28-27-36-35-15-8-10-18-40(35)45-42(36)41;1-3-12-25(13-4-1)37(26-14-5-2-6-15-26)27-16-11-17-28(24-27)38-32-20-9-7-19-31(32)35-33(38)23-22-30-29-18-8-10-21-34(29)39-36(30)35;1-3-11-25(12-4-1)37(26-13-5-2-6-14-26)27-19-21-28(22-20-27)38-32-17-9-7-16-31(32)35-33(38)24-23-30-29-15-8-10-18-34(29)39-36(30)35/h1-28H;2*1-24H. The molecule has 9 nitrogen and oxygen atoms in total. The quantitative estimate of drug-likeness (QED) is 0.115. The van der Waals surface area contributed by atoms with E-state index in [0.29, 0.717) is 0 Å². The number of benzene rings is 19. The summed E-state index contributed by atoms with van der Waals surface area (Å²) in [5.41, 5.74) is 28.2. The molecule has 0 saturated carbocycles. The monoisotopic (exact) mass is 1580 g/mol. The van der Waals surface area contributed by atoms with Crippen LogP contribution >= 0.6 is 0 Å². The van der Waals surface area contributed by atoms with Gasteiger partial charge < -0.3 is 41.7 Å². The van der Waals surface area contributed by atoms with E-state index in [1.165, 1.54) is 27.3 Å². The Balaban J connectivity index is 0.000000107. The highest BCUT2D eigenvalue weighted by Gasteiger charge is 2.25. The van der Waals surface area contributed by atoms with Crippen LogP contribution in [0.2, 0.25) is 0 Å². The first kappa shape index (κ1) is 71.7. The average molecular weight is 1580 g/mol. The Labute approximate surface area is 708 Å². The van der Waals surface area contributed by atoms with E-state index in [2.05, 4.69) is 453 Å². The Morgan fingerprint density at radius 1 is 0.154 bits per heavy atom. The van der Waals surface area contributed by atoms with Gasteiger partial charge in [-0.3, -0.25) is 0 Å². The number of aromatic nitrogens is 3. The summed E-state index contributed by atoms with van der Waals surface area (Å²) in [6.45, 7) is 0. The predicted molar refractivity (Wildman–Crippen MR) is 514 cm³/mol. The molecule has 0 N–H and O–H groups in total. The van der Waals surface area contributed by atoms with Gasteiger partial charge in [0.2, 0.25) is 0 Å². The third kappa shape index (κ3) is 12.5. The molecule has 0 saturated heterocycles. The van der Waals surface area contributed by atoms with Crippen molar-refractivity contribution in [3.63, 3.8) is 0 Å². The molecule has 123 heavy (non-hydrogen) atoms. The molecule has 25 rings (SSSR count). The molecule has 580 valence electrons. The lowest BCUT2D eigenvalue weighted by Crippen LogP contribution is -2.10. The molecule has 0 spiro atoms. The molecule has 0 atom stereocenters. The minimum atomic E-state index is 0.916. The van der Waals surface area contributed by atoms with Gasteiger partial charge in [-0.15, -0.1) is 0 Å². The number of fused-ring (bicyclic) bond motifs is 21. The smallest absolute Gasteiger partial charge is 0.145 e. The van der Waals surface area contributed by atoms with Gasteiger partial charge in [-0.25, -0.2) is 0 Å². The number of hydrogen-bond acceptors (Lipinski definition) is 6. The molecule has 0 aliphatic carbocycles. The van der Waals surface area contributed by atoms with Crippen molar-refractivity contribution in [1.29, 1.82) is 0 Å². The first-order valence-corrected chi connectivity index (χ1v) is 41.7. The van der Waals surface area contributed by atoms with Crippen molar-refractivity contribution in [2.45, 2.75) is 0 Å². The van der Waals surface area contributed by atoms with Crippen molar-refractivity contribution in [3.8, 4) is 28.2 Å². The molecule has 0 aliphatic heterocycles. The molecule has 6 heterocycles. The number of rotatable bonds is 13. The van der Waals surface area contributed by atoms with Crippen molar-refractivity contribution in [2.75, 3.05) is 14.7 Å². The van der Waals surface area contributed by atoms with Crippen molar-refractivity contribution < 1.29 is 13.3 Å². The van der Waals surface area contributed by atoms with Crippen molar-refractivity contribution in [2.24, 2.45) is 0 Å². The van der Waals surface area contributed by atoms with E-state index in [0.717, 1.165) is 183 Å². The highest BCUT2D eigenvalue weighted by atomic mass is 16.3. The second kappa shape index (κ2) is 30.4. The van der Waals surface area contributed by atoms with E-state index in [-0.39, 0.29) is 0 Å². The summed E-state index contributed by atoms with van der Waals surface area (Å²) in [6, 6.07) is 162. The Kier molecular flexibility index (Phi) is 17.7. The van der Waals surface area contributed by atoms with E-state index in [4.69, 9.17) is 13.3 Å². The van der Waals surface area contributed by atoms with Crippen LogP contribution in [0.4, 0.5) is 51.2 Å². The van der Waals surface area contributed by atoms with E-state index < -0.39 is 0 Å². The zero-order valence-electron chi connectivity index (χ0n) is 66.8. The molecule has 9 heteroatoms. The van der Waals surface area contributed by atoms with Crippen LogP contribution in [-0.4, -0.2) is 13.7 Å². The summed E-state index contributed by atoms with van der Waals surface area (Å²) in [5.74, 6) is 0. The maximum Gasteiger partial charge on any atom is 0.145 e. The maximum atomic E-state index is 6.49. The van der Waals surface area contributed by atoms with Crippen molar-refractivity contribution in [1.82, 2.24) is 13.7 Å². The van der Waals surface area contributed by atoms with Gasteiger partial charge in [-0.2, -0.15) is 0 Å². The van der Waals surface area contributed by atoms with Crippen LogP contribution in [0, 0.1) is 0 Å². The third-order valence-electron chi connectivity index (χ3n) is 23.9. The van der Waals surface area contributed by atoms with Crippen molar-refractivity contribution in [3.05, 3.63) is 461 Å². The molecule has 0 fully saturated rings. The van der Waals surface area contributed by atoms with E-state index >= 15 is 0 Å². The fraction of sp³-hybridized carbons (Fsp3) is 0. The summed E-state index contributed by atoms with van der Waals surface area (Å²) >= 11 is 0. The number of para-hydroxylation sites is 11. The lowest BCUT2D eigenvalue weighted by atomic mass is 10.0. The van der Waals surface area contributed by atoms with Crippen LogP contribution in [0.25, 0.3) is 159 Å². The molecule has 0 amide bonds. The average Bonchev–Trinajstić information content (AvgIpc) is 1.57. The summed E-state index contributed by atoms with van der Waals surface area (Å²) in [7, 11) is 0. The van der Waals surface area contributed by atoms with Crippen LogP contribution in [0.15, 0.2) is 474 Å². The second-order valence-electron chi connectivity index (χ2n) is 31.0. The van der Waals surface area contributed by atoms with Crippen LogP contribution < -0.4 is 14.7 Å². The molecule has 0 bridgehead atoms. The van der Waals surface area contributed by atoms with Gasteiger partial charge in [0, 0.05) is 117 Å². The van der Waals surface area contributed by atoms with Crippen LogP contribution in [-0.2, 0) is 0 Å². The van der Waals surface area contributed by atoms with Gasteiger partial charge in [0.25, 0.3) is 0 Å². The Morgan fingerprint density at radius 3 is 0.748 bits per heavy atom. The van der Waals surface area contributed by atoms with Gasteiger partial charge >= 0.3 is 0 Å². The van der Waals surface area contributed by atoms with Gasteiger partial charge in [0.05, 0.1) is 49.3 Å². The molecule has 0 radical (unpaired) electrons. The largest absolute Gasteiger partial charge is 0.455 e. The fourth-order valence-electron chi connectivity index (χ4n) is 18.5. The Morgan fingerprint density at radius 2 is 0.407 bits per heavy atom. The maximum absolute atomic E-state index is 6.49. The number of anilines is 9. The summed E-state index contributed by atoms with van der Waals surface area (Å²) < 4.78 is 26.5. The zero-order chi connectivity index (χ0) is 81.3. The summed E-state index contributed by atoms with van der Waals surface area (Å²) in [4.78, 5) is 6.89.